The fourth-order valence-corrected chi connectivity index (χ4v) is 2.58. The Bertz CT molecular complexity index is 233. The van der Waals surface area contributed by atoms with Crippen LogP contribution in [-0.2, 0) is 14.2 Å². The van der Waals surface area contributed by atoms with Crippen molar-refractivity contribution >= 4 is 0 Å². The summed E-state index contributed by atoms with van der Waals surface area (Å²) < 4.78 is 17.9. The van der Waals surface area contributed by atoms with Gasteiger partial charge in [-0.1, -0.05) is 59.3 Å². The lowest BCUT2D eigenvalue weighted by atomic mass is 10.2. The zero-order valence-corrected chi connectivity index (χ0v) is 16.4. The summed E-state index contributed by atoms with van der Waals surface area (Å²) in [6.45, 7) is 12.6. The number of hydrogen-bond donors (Lipinski definition) is 1. The van der Waals surface area contributed by atoms with Crippen molar-refractivity contribution < 1.29 is 14.2 Å². The highest BCUT2D eigenvalue weighted by molar-refractivity contribution is 4.62. The van der Waals surface area contributed by atoms with Gasteiger partial charge in [0, 0.05) is 0 Å². The zero-order valence-electron chi connectivity index (χ0n) is 16.4. The molecule has 4 nitrogen and oxygen atoms in total. The Balaban J connectivity index is 4.66. The highest BCUT2D eigenvalue weighted by Gasteiger charge is 2.34. The van der Waals surface area contributed by atoms with Crippen molar-refractivity contribution in [3.8, 4) is 0 Å². The van der Waals surface area contributed by atoms with E-state index in [4.69, 9.17) is 19.9 Å². The highest BCUT2D eigenvalue weighted by atomic mass is 16.9. The summed E-state index contributed by atoms with van der Waals surface area (Å²) in [5, 5.41) is 0. The molecule has 0 aliphatic carbocycles. The van der Waals surface area contributed by atoms with Crippen molar-refractivity contribution in [1.82, 2.24) is 0 Å². The molecule has 2 N–H and O–H groups in total. The van der Waals surface area contributed by atoms with Crippen LogP contribution in [0.25, 0.3) is 0 Å². The third-order valence-electron chi connectivity index (χ3n) is 3.99. The van der Waals surface area contributed by atoms with E-state index in [2.05, 4.69) is 20.8 Å². The first kappa shape index (κ1) is 22.8. The lowest BCUT2D eigenvalue weighted by molar-refractivity contribution is -0.412. The standard InChI is InChI=1S/C19H41NO3/c1-7-10-13-16(4)21-19(20,22-17(5)14-11-8-2)23-18(6)15-12-9-3/h16-18H,7-15,20H2,1-6H3. The van der Waals surface area contributed by atoms with Gasteiger partial charge in [0.15, 0.2) is 0 Å². The normalized spacial score (nSPS) is 18.4. The van der Waals surface area contributed by atoms with Gasteiger partial charge in [-0.05, 0) is 40.0 Å². The third-order valence-corrected chi connectivity index (χ3v) is 3.99. The average molecular weight is 332 g/mol. The first-order chi connectivity index (χ1) is 10.9. The van der Waals surface area contributed by atoms with E-state index in [1.165, 1.54) is 0 Å². The molecular weight excluding hydrogens is 290 g/mol. The molecular formula is C19H41NO3. The molecule has 0 saturated heterocycles. The van der Waals surface area contributed by atoms with E-state index in [1.54, 1.807) is 0 Å². The molecule has 0 spiro atoms. The number of unbranched alkanes of at least 4 members (excludes halogenated alkanes) is 3. The molecule has 0 aromatic heterocycles. The molecule has 23 heavy (non-hydrogen) atoms. The molecule has 140 valence electrons. The van der Waals surface area contributed by atoms with E-state index >= 15 is 0 Å². The zero-order chi connectivity index (χ0) is 17.7. The van der Waals surface area contributed by atoms with E-state index in [1.807, 2.05) is 20.8 Å². The van der Waals surface area contributed by atoms with Gasteiger partial charge < -0.3 is 14.2 Å². The van der Waals surface area contributed by atoms with Crippen LogP contribution in [0.3, 0.4) is 0 Å². The smallest absolute Gasteiger partial charge is 0.311 e. The predicted molar refractivity (Wildman–Crippen MR) is 97.1 cm³/mol. The van der Waals surface area contributed by atoms with Crippen molar-refractivity contribution in [2.75, 3.05) is 0 Å². The van der Waals surface area contributed by atoms with Crippen LogP contribution in [0.5, 0.6) is 0 Å². The summed E-state index contributed by atoms with van der Waals surface area (Å²) >= 11 is 0. The van der Waals surface area contributed by atoms with Gasteiger partial charge in [-0.3, -0.25) is 5.73 Å². The molecule has 0 amide bonds. The van der Waals surface area contributed by atoms with Gasteiger partial charge in [0.05, 0.1) is 18.3 Å². The fourth-order valence-electron chi connectivity index (χ4n) is 2.58. The molecule has 0 heterocycles. The van der Waals surface area contributed by atoms with Gasteiger partial charge in [0.25, 0.3) is 0 Å². The lowest BCUT2D eigenvalue weighted by Gasteiger charge is -2.36. The van der Waals surface area contributed by atoms with Crippen LogP contribution in [0, 0.1) is 0 Å². The highest BCUT2D eigenvalue weighted by Crippen LogP contribution is 2.22. The molecule has 4 heteroatoms. The second-order valence-corrected chi connectivity index (χ2v) is 6.82. The predicted octanol–water partition coefficient (Wildman–Crippen LogP) is 5.34. The second kappa shape index (κ2) is 13.2. The van der Waals surface area contributed by atoms with Crippen LogP contribution in [0.15, 0.2) is 0 Å². The van der Waals surface area contributed by atoms with E-state index in [0.29, 0.717) is 0 Å². The van der Waals surface area contributed by atoms with Crippen molar-refractivity contribution in [3.63, 3.8) is 0 Å². The van der Waals surface area contributed by atoms with Gasteiger partial charge in [-0.15, -0.1) is 0 Å². The maximum atomic E-state index is 6.35. The Labute approximate surface area is 144 Å². The molecule has 0 radical (unpaired) electrons. The summed E-state index contributed by atoms with van der Waals surface area (Å²) in [5.41, 5.74) is 6.35. The summed E-state index contributed by atoms with van der Waals surface area (Å²) in [6, 6.07) is 0. The Kier molecular flexibility index (Phi) is 13.1. The Hall–Kier alpha value is -0.160. The van der Waals surface area contributed by atoms with Gasteiger partial charge >= 0.3 is 6.10 Å². The van der Waals surface area contributed by atoms with E-state index in [9.17, 15) is 0 Å². The quantitative estimate of drug-likeness (QED) is 0.411. The van der Waals surface area contributed by atoms with E-state index in [0.717, 1.165) is 57.8 Å². The fraction of sp³-hybridized carbons (Fsp3) is 1.00. The molecule has 0 aromatic carbocycles. The molecule has 0 aromatic rings. The van der Waals surface area contributed by atoms with Crippen LogP contribution >= 0.6 is 0 Å². The van der Waals surface area contributed by atoms with Gasteiger partial charge in [-0.25, -0.2) is 0 Å². The number of ether oxygens (including phenoxy) is 3. The minimum atomic E-state index is -1.44. The Morgan fingerprint density at radius 2 is 0.913 bits per heavy atom. The maximum Gasteiger partial charge on any atom is 0.348 e. The SMILES string of the molecule is CCCCC(C)OC(N)(OC(C)CCCC)OC(C)CCCC. The molecule has 0 rings (SSSR count). The molecule has 0 saturated carbocycles. The molecule has 3 atom stereocenters. The van der Waals surface area contributed by atoms with Crippen molar-refractivity contribution in [1.29, 1.82) is 0 Å². The molecule has 0 aliphatic rings. The lowest BCUT2D eigenvalue weighted by Crippen LogP contribution is -2.53. The Morgan fingerprint density at radius 3 is 1.13 bits per heavy atom. The van der Waals surface area contributed by atoms with Crippen LogP contribution in [0.4, 0.5) is 0 Å². The van der Waals surface area contributed by atoms with Crippen LogP contribution < -0.4 is 5.73 Å². The topological polar surface area (TPSA) is 53.7 Å². The third kappa shape index (κ3) is 11.9. The first-order valence-corrected chi connectivity index (χ1v) is 9.69. The average Bonchev–Trinajstić information content (AvgIpc) is 2.48. The van der Waals surface area contributed by atoms with Crippen LogP contribution in [0.2, 0.25) is 0 Å². The largest absolute Gasteiger partial charge is 0.348 e. The second-order valence-electron chi connectivity index (χ2n) is 6.82. The molecule has 3 unspecified atom stereocenters. The van der Waals surface area contributed by atoms with Crippen molar-refractivity contribution in [2.45, 2.75) is 124 Å². The summed E-state index contributed by atoms with van der Waals surface area (Å²) in [6.07, 6.45) is 8.33. The van der Waals surface area contributed by atoms with Gasteiger partial charge in [0.2, 0.25) is 0 Å². The van der Waals surface area contributed by atoms with E-state index in [-0.39, 0.29) is 18.3 Å². The molecule has 0 bridgehead atoms. The number of nitrogens with two attached hydrogens (primary N) is 1. The minimum Gasteiger partial charge on any atom is -0.311 e. The molecule has 0 aliphatic heterocycles. The van der Waals surface area contributed by atoms with E-state index < -0.39 is 6.10 Å². The summed E-state index contributed by atoms with van der Waals surface area (Å²) in [7, 11) is 0. The van der Waals surface area contributed by atoms with Gasteiger partial charge in [-0.2, -0.15) is 0 Å². The maximum absolute atomic E-state index is 6.35. The van der Waals surface area contributed by atoms with Crippen molar-refractivity contribution in [3.05, 3.63) is 0 Å². The first-order valence-electron chi connectivity index (χ1n) is 9.69. The summed E-state index contributed by atoms with van der Waals surface area (Å²) in [5.74, 6) is 0. The van der Waals surface area contributed by atoms with Gasteiger partial charge in [0.1, 0.15) is 0 Å². The number of hydrogen-bond acceptors (Lipinski definition) is 4. The van der Waals surface area contributed by atoms with Crippen LogP contribution in [0.1, 0.15) is 99.3 Å². The van der Waals surface area contributed by atoms with Crippen LogP contribution in [-0.4, -0.2) is 24.4 Å². The minimum absolute atomic E-state index is 0.0247. The summed E-state index contributed by atoms with van der Waals surface area (Å²) in [4.78, 5) is 0. The van der Waals surface area contributed by atoms with Crippen molar-refractivity contribution in [2.24, 2.45) is 5.73 Å². The molecule has 0 fully saturated rings. The number of rotatable bonds is 15. The monoisotopic (exact) mass is 331 g/mol. The Morgan fingerprint density at radius 1 is 0.652 bits per heavy atom.